The van der Waals surface area contributed by atoms with Crippen molar-refractivity contribution < 1.29 is 9.53 Å². The second-order valence-electron chi connectivity index (χ2n) is 4.18. The van der Waals surface area contributed by atoms with Crippen molar-refractivity contribution in [2.75, 3.05) is 12.3 Å². The molecule has 96 valence electrons. The first kappa shape index (κ1) is 12.4. The molecule has 2 rings (SSSR count). The number of carbonyl (C=O) groups is 1. The van der Waals surface area contributed by atoms with Gasteiger partial charge < -0.3 is 21.2 Å². The van der Waals surface area contributed by atoms with Crippen LogP contribution >= 0.6 is 0 Å². The molecule has 0 aliphatic heterocycles. The summed E-state index contributed by atoms with van der Waals surface area (Å²) in [6.07, 6.45) is 2.28. The van der Waals surface area contributed by atoms with E-state index in [1.165, 1.54) is 0 Å². The van der Waals surface area contributed by atoms with Crippen LogP contribution in [0.3, 0.4) is 0 Å². The maximum atomic E-state index is 11.5. The molecule has 0 saturated carbocycles. The van der Waals surface area contributed by atoms with Gasteiger partial charge in [-0.2, -0.15) is 0 Å². The molecule has 0 saturated heterocycles. The predicted molar refractivity (Wildman–Crippen MR) is 71.0 cm³/mol. The highest BCUT2D eigenvalue weighted by molar-refractivity contribution is 5.87. The molecule has 0 aliphatic carbocycles. The van der Waals surface area contributed by atoms with Crippen LogP contribution < -0.4 is 11.5 Å². The van der Waals surface area contributed by atoms with Crippen molar-refractivity contribution in [3.63, 3.8) is 0 Å². The summed E-state index contributed by atoms with van der Waals surface area (Å²) in [5.41, 5.74) is 14.2. The van der Waals surface area contributed by atoms with Crippen molar-refractivity contribution in [3.8, 4) is 0 Å². The van der Waals surface area contributed by atoms with Crippen LogP contribution in [0.15, 0.2) is 24.4 Å². The van der Waals surface area contributed by atoms with E-state index >= 15 is 0 Å². The van der Waals surface area contributed by atoms with Gasteiger partial charge in [0.1, 0.15) is 6.04 Å². The van der Waals surface area contributed by atoms with Gasteiger partial charge in [-0.3, -0.25) is 4.79 Å². The number of ether oxygens (including phenoxy) is 1. The lowest BCUT2D eigenvalue weighted by molar-refractivity contribution is -0.144. The topological polar surface area (TPSA) is 94.1 Å². The highest BCUT2D eigenvalue weighted by atomic mass is 16.5. The van der Waals surface area contributed by atoms with Crippen LogP contribution in [0, 0.1) is 0 Å². The summed E-state index contributed by atoms with van der Waals surface area (Å²) in [5, 5.41) is 0.995. The number of benzene rings is 1. The van der Waals surface area contributed by atoms with Gasteiger partial charge in [0, 0.05) is 29.2 Å². The zero-order valence-corrected chi connectivity index (χ0v) is 10.3. The third-order valence-corrected chi connectivity index (χ3v) is 2.82. The van der Waals surface area contributed by atoms with Crippen LogP contribution in [0.2, 0.25) is 0 Å². The van der Waals surface area contributed by atoms with Crippen LogP contribution in [0.25, 0.3) is 10.9 Å². The second kappa shape index (κ2) is 5.10. The van der Waals surface area contributed by atoms with Crippen molar-refractivity contribution in [1.29, 1.82) is 0 Å². The van der Waals surface area contributed by atoms with E-state index in [9.17, 15) is 4.79 Å². The summed E-state index contributed by atoms with van der Waals surface area (Å²) >= 11 is 0. The van der Waals surface area contributed by atoms with Crippen molar-refractivity contribution >= 4 is 22.6 Å². The second-order valence-corrected chi connectivity index (χ2v) is 4.18. The van der Waals surface area contributed by atoms with E-state index in [0.717, 1.165) is 16.5 Å². The first-order chi connectivity index (χ1) is 8.61. The Kier molecular flexibility index (Phi) is 3.53. The first-order valence-corrected chi connectivity index (χ1v) is 5.89. The van der Waals surface area contributed by atoms with Crippen LogP contribution in [0.5, 0.6) is 0 Å². The number of hydrogen-bond acceptors (Lipinski definition) is 4. The Hall–Kier alpha value is -2.01. The summed E-state index contributed by atoms with van der Waals surface area (Å²) in [5.74, 6) is -0.379. The third kappa shape index (κ3) is 2.46. The minimum Gasteiger partial charge on any atom is -0.465 e. The lowest BCUT2D eigenvalue weighted by Gasteiger charge is -2.09. The largest absolute Gasteiger partial charge is 0.465 e. The van der Waals surface area contributed by atoms with Crippen molar-refractivity contribution in [3.05, 3.63) is 30.0 Å². The number of carbonyl (C=O) groups excluding carboxylic acids is 1. The number of aromatic amines is 1. The summed E-state index contributed by atoms with van der Waals surface area (Å²) in [4.78, 5) is 14.6. The molecule has 0 aliphatic rings. The van der Waals surface area contributed by atoms with E-state index in [1.807, 2.05) is 24.4 Å². The highest BCUT2D eigenvalue weighted by Gasteiger charge is 2.17. The molecule has 0 bridgehead atoms. The highest BCUT2D eigenvalue weighted by Crippen LogP contribution is 2.21. The third-order valence-electron chi connectivity index (χ3n) is 2.82. The maximum absolute atomic E-state index is 11.5. The fraction of sp³-hybridized carbons (Fsp3) is 0.308. The Morgan fingerprint density at radius 2 is 2.28 bits per heavy atom. The molecule has 1 unspecified atom stereocenters. The van der Waals surface area contributed by atoms with E-state index in [1.54, 1.807) is 6.92 Å². The van der Waals surface area contributed by atoms with Crippen molar-refractivity contribution in [2.24, 2.45) is 5.73 Å². The van der Waals surface area contributed by atoms with Gasteiger partial charge in [0.2, 0.25) is 0 Å². The summed E-state index contributed by atoms with van der Waals surface area (Å²) < 4.78 is 4.89. The fourth-order valence-electron chi connectivity index (χ4n) is 1.93. The zero-order valence-electron chi connectivity index (χ0n) is 10.3. The van der Waals surface area contributed by atoms with Crippen LogP contribution in [-0.4, -0.2) is 23.6 Å². The minimum atomic E-state index is -0.648. The van der Waals surface area contributed by atoms with Gasteiger partial charge in [-0.05, 0) is 30.7 Å². The molecule has 18 heavy (non-hydrogen) atoms. The normalized spacial score (nSPS) is 12.6. The molecule has 0 spiro atoms. The molecule has 5 nitrogen and oxygen atoms in total. The van der Waals surface area contributed by atoms with Gasteiger partial charge in [0.25, 0.3) is 0 Å². The molecular weight excluding hydrogens is 230 g/mol. The number of nitrogens with two attached hydrogens (primary N) is 2. The summed E-state index contributed by atoms with van der Waals surface area (Å²) in [7, 11) is 0. The number of nitrogens with one attached hydrogen (secondary N) is 1. The van der Waals surface area contributed by atoms with Gasteiger partial charge in [-0.25, -0.2) is 0 Å². The Balaban J connectivity index is 2.21. The van der Waals surface area contributed by atoms with E-state index < -0.39 is 6.04 Å². The molecule has 5 N–H and O–H groups in total. The van der Waals surface area contributed by atoms with Crippen molar-refractivity contribution in [1.82, 2.24) is 4.98 Å². The first-order valence-electron chi connectivity index (χ1n) is 5.89. The number of H-pyrrole nitrogens is 1. The lowest BCUT2D eigenvalue weighted by atomic mass is 10.1. The monoisotopic (exact) mass is 247 g/mol. The quantitative estimate of drug-likeness (QED) is 0.558. The fourth-order valence-corrected chi connectivity index (χ4v) is 1.93. The minimum absolute atomic E-state index is 0.341. The molecule has 0 amide bonds. The van der Waals surface area contributed by atoms with Crippen LogP contribution in [0.1, 0.15) is 12.5 Å². The maximum Gasteiger partial charge on any atom is 0.323 e. The number of nitrogen functional groups attached to an aromatic ring is 1. The number of aromatic nitrogens is 1. The number of rotatable bonds is 4. The zero-order chi connectivity index (χ0) is 13.1. The smallest absolute Gasteiger partial charge is 0.323 e. The predicted octanol–water partition coefficient (Wildman–Crippen LogP) is 1.18. The number of hydrogen-bond donors (Lipinski definition) is 3. The van der Waals surface area contributed by atoms with Gasteiger partial charge in [0.15, 0.2) is 0 Å². The average Bonchev–Trinajstić information content (AvgIpc) is 2.72. The van der Waals surface area contributed by atoms with Gasteiger partial charge >= 0.3 is 5.97 Å². The standard InChI is InChI=1S/C13H17N3O2/c1-2-18-13(17)11(15)5-8-7-16-12-4-3-9(14)6-10(8)12/h3-4,6-7,11,16H,2,5,14-15H2,1H3. The Labute approximate surface area is 105 Å². The number of anilines is 1. The molecule has 0 radical (unpaired) electrons. The molecule has 5 heteroatoms. The van der Waals surface area contributed by atoms with Crippen LogP contribution in [-0.2, 0) is 16.0 Å². The molecule has 1 atom stereocenters. The SMILES string of the molecule is CCOC(=O)C(N)Cc1c[nH]c2ccc(N)cc12. The van der Waals surface area contributed by atoms with E-state index in [4.69, 9.17) is 16.2 Å². The van der Waals surface area contributed by atoms with E-state index in [0.29, 0.717) is 18.7 Å². The van der Waals surface area contributed by atoms with Crippen molar-refractivity contribution in [2.45, 2.75) is 19.4 Å². The Morgan fingerprint density at radius 1 is 1.50 bits per heavy atom. The van der Waals surface area contributed by atoms with E-state index in [-0.39, 0.29) is 5.97 Å². The summed E-state index contributed by atoms with van der Waals surface area (Å²) in [6, 6.07) is 4.96. The number of fused-ring (bicyclic) bond motifs is 1. The summed E-state index contributed by atoms with van der Waals surface area (Å²) in [6.45, 7) is 2.10. The van der Waals surface area contributed by atoms with Gasteiger partial charge in [0.05, 0.1) is 6.61 Å². The Bertz CT molecular complexity index is 562. The molecular formula is C13H17N3O2. The van der Waals surface area contributed by atoms with E-state index in [2.05, 4.69) is 4.98 Å². The van der Waals surface area contributed by atoms with Crippen LogP contribution in [0.4, 0.5) is 5.69 Å². The molecule has 1 aromatic heterocycles. The van der Waals surface area contributed by atoms with Gasteiger partial charge in [-0.15, -0.1) is 0 Å². The molecule has 1 heterocycles. The molecule has 2 aromatic rings. The molecule has 1 aromatic carbocycles. The average molecular weight is 247 g/mol. The Morgan fingerprint density at radius 3 is 3.00 bits per heavy atom. The molecule has 0 fully saturated rings. The van der Waals surface area contributed by atoms with Gasteiger partial charge in [-0.1, -0.05) is 0 Å². The number of esters is 1. The lowest BCUT2D eigenvalue weighted by Crippen LogP contribution is -2.34.